The number of likely N-dealkylation sites (tertiary alicyclic amines) is 1. The maximum absolute atomic E-state index is 12.1. The summed E-state index contributed by atoms with van der Waals surface area (Å²) in [6.45, 7) is 4.78. The van der Waals surface area contributed by atoms with Crippen molar-refractivity contribution in [3.05, 3.63) is 6.20 Å². The number of nitrogens with zero attached hydrogens (tertiary/aromatic N) is 4. The van der Waals surface area contributed by atoms with E-state index in [1.54, 1.807) is 18.7 Å². The highest BCUT2D eigenvalue weighted by molar-refractivity contribution is 5.90. The lowest BCUT2D eigenvalue weighted by Gasteiger charge is -2.29. The molecule has 0 atom stereocenters. The molecule has 8 nitrogen and oxygen atoms in total. The number of carbonyl (C=O) groups excluding carboxylic acids is 2. The normalized spacial score (nSPS) is 16.3. The van der Waals surface area contributed by atoms with Crippen molar-refractivity contribution in [2.24, 2.45) is 5.92 Å². The lowest BCUT2D eigenvalue weighted by Crippen LogP contribution is -2.41. The van der Waals surface area contributed by atoms with Gasteiger partial charge in [-0.1, -0.05) is 19.1 Å². The number of anilines is 1. The Balaban J connectivity index is 1.87. The first-order valence-corrected chi connectivity index (χ1v) is 7.12. The molecule has 21 heavy (non-hydrogen) atoms. The lowest BCUT2D eigenvalue weighted by atomic mass is 10.1. The van der Waals surface area contributed by atoms with Crippen LogP contribution in [0, 0.1) is 5.92 Å². The first-order valence-electron chi connectivity index (χ1n) is 7.12. The van der Waals surface area contributed by atoms with Crippen molar-refractivity contribution in [3.8, 4) is 0 Å². The Hall–Kier alpha value is -1.96. The number of aliphatic hydroxyl groups excluding tert-OH is 1. The molecular weight excluding hydrogens is 274 g/mol. The third kappa shape index (κ3) is 4.25. The van der Waals surface area contributed by atoms with Gasteiger partial charge in [-0.05, 0) is 12.8 Å². The smallest absolute Gasteiger partial charge is 0.244 e. The van der Waals surface area contributed by atoms with Gasteiger partial charge >= 0.3 is 0 Å². The Morgan fingerprint density at radius 1 is 1.43 bits per heavy atom. The highest BCUT2D eigenvalue weighted by Crippen LogP contribution is 2.11. The van der Waals surface area contributed by atoms with Crippen molar-refractivity contribution in [2.75, 3.05) is 18.4 Å². The van der Waals surface area contributed by atoms with Gasteiger partial charge in [-0.3, -0.25) is 9.59 Å². The van der Waals surface area contributed by atoms with E-state index in [0.29, 0.717) is 31.7 Å². The van der Waals surface area contributed by atoms with Crippen LogP contribution in [0.3, 0.4) is 0 Å². The van der Waals surface area contributed by atoms with E-state index in [0.717, 1.165) is 0 Å². The molecule has 0 unspecified atom stereocenters. The number of aliphatic hydroxyl groups is 1. The number of hydrogen-bond donors (Lipinski definition) is 2. The van der Waals surface area contributed by atoms with Gasteiger partial charge in [0.15, 0.2) is 5.82 Å². The van der Waals surface area contributed by atoms with Crippen LogP contribution in [0.4, 0.5) is 5.82 Å². The molecule has 2 heterocycles. The molecule has 0 aromatic carbocycles. The van der Waals surface area contributed by atoms with Crippen LogP contribution >= 0.6 is 0 Å². The maximum atomic E-state index is 12.1. The lowest BCUT2D eigenvalue weighted by molar-refractivity contribution is -0.134. The second-order valence-corrected chi connectivity index (χ2v) is 5.56. The molecule has 1 aliphatic rings. The van der Waals surface area contributed by atoms with Gasteiger partial charge in [0.2, 0.25) is 11.8 Å². The summed E-state index contributed by atoms with van der Waals surface area (Å²) in [6.07, 6.45) is 2.45. The summed E-state index contributed by atoms with van der Waals surface area (Å²) >= 11 is 0. The van der Waals surface area contributed by atoms with Crippen LogP contribution in [-0.4, -0.2) is 56.0 Å². The summed E-state index contributed by atoms with van der Waals surface area (Å²) in [6, 6.07) is 0. The van der Waals surface area contributed by atoms with Crippen LogP contribution < -0.4 is 5.32 Å². The van der Waals surface area contributed by atoms with Crippen molar-refractivity contribution in [1.29, 1.82) is 0 Å². The highest BCUT2D eigenvalue weighted by Gasteiger charge is 2.21. The fourth-order valence-electron chi connectivity index (χ4n) is 2.06. The Morgan fingerprint density at radius 2 is 2.10 bits per heavy atom. The Labute approximate surface area is 123 Å². The van der Waals surface area contributed by atoms with E-state index in [4.69, 9.17) is 0 Å². The zero-order valence-electron chi connectivity index (χ0n) is 12.3. The second kappa shape index (κ2) is 6.66. The molecule has 1 aromatic rings. The van der Waals surface area contributed by atoms with Gasteiger partial charge in [-0.2, -0.15) is 0 Å². The third-order valence-corrected chi connectivity index (χ3v) is 3.43. The summed E-state index contributed by atoms with van der Waals surface area (Å²) in [5.74, 6) is -0.000874. The summed E-state index contributed by atoms with van der Waals surface area (Å²) in [5, 5.41) is 19.7. The maximum Gasteiger partial charge on any atom is 0.244 e. The number of amides is 2. The largest absolute Gasteiger partial charge is 0.393 e. The minimum atomic E-state index is -0.307. The highest BCUT2D eigenvalue weighted by atomic mass is 16.3. The van der Waals surface area contributed by atoms with Crippen molar-refractivity contribution in [3.63, 3.8) is 0 Å². The van der Waals surface area contributed by atoms with E-state index < -0.39 is 0 Å². The molecule has 2 N–H and O–H groups in total. The van der Waals surface area contributed by atoms with E-state index in [2.05, 4.69) is 15.6 Å². The summed E-state index contributed by atoms with van der Waals surface area (Å²) in [7, 11) is 0. The SMILES string of the molecule is CC(C)C(=O)Nc1cn(CC(=O)N2CCC(O)CC2)nn1. The average Bonchev–Trinajstić information content (AvgIpc) is 2.86. The minimum Gasteiger partial charge on any atom is -0.393 e. The number of aromatic nitrogens is 3. The van der Waals surface area contributed by atoms with E-state index in [9.17, 15) is 14.7 Å². The monoisotopic (exact) mass is 295 g/mol. The topological polar surface area (TPSA) is 100 Å². The molecule has 0 bridgehead atoms. The van der Waals surface area contributed by atoms with Crippen molar-refractivity contribution >= 4 is 17.6 Å². The van der Waals surface area contributed by atoms with E-state index in [-0.39, 0.29) is 30.4 Å². The minimum absolute atomic E-state index is 0.0615. The van der Waals surface area contributed by atoms with Crippen molar-refractivity contribution in [2.45, 2.75) is 39.3 Å². The predicted octanol–water partition coefficient (Wildman–Crippen LogP) is -0.144. The van der Waals surface area contributed by atoms with Crippen LogP contribution in [0.2, 0.25) is 0 Å². The molecule has 0 saturated carbocycles. The van der Waals surface area contributed by atoms with Crippen LogP contribution in [0.5, 0.6) is 0 Å². The van der Waals surface area contributed by atoms with E-state index in [1.807, 2.05) is 0 Å². The molecule has 2 rings (SSSR count). The molecule has 116 valence electrons. The molecule has 1 aliphatic heterocycles. The predicted molar refractivity (Wildman–Crippen MR) is 75.3 cm³/mol. The number of piperidine rings is 1. The molecule has 2 amide bonds. The second-order valence-electron chi connectivity index (χ2n) is 5.56. The molecular formula is C13H21N5O3. The van der Waals surface area contributed by atoms with Crippen molar-refractivity contribution in [1.82, 2.24) is 19.9 Å². The van der Waals surface area contributed by atoms with Crippen molar-refractivity contribution < 1.29 is 14.7 Å². The third-order valence-electron chi connectivity index (χ3n) is 3.43. The van der Waals surface area contributed by atoms with Gasteiger partial charge in [-0.15, -0.1) is 5.10 Å². The van der Waals surface area contributed by atoms with Gasteiger partial charge < -0.3 is 15.3 Å². The first-order chi connectivity index (χ1) is 9.95. The van der Waals surface area contributed by atoms with E-state index in [1.165, 1.54) is 10.9 Å². The fourth-order valence-corrected chi connectivity index (χ4v) is 2.06. The Kier molecular flexibility index (Phi) is 4.89. The first kappa shape index (κ1) is 15.4. The Morgan fingerprint density at radius 3 is 2.71 bits per heavy atom. The number of rotatable bonds is 4. The number of hydrogen-bond acceptors (Lipinski definition) is 5. The van der Waals surface area contributed by atoms with Gasteiger partial charge in [0.05, 0.1) is 12.3 Å². The summed E-state index contributed by atoms with van der Waals surface area (Å²) < 4.78 is 1.41. The molecule has 0 radical (unpaired) electrons. The molecule has 8 heteroatoms. The average molecular weight is 295 g/mol. The molecule has 1 aromatic heterocycles. The quantitative estimate of drug-likeness (QED) is 0.805. The van der Waals surface area contributed by atoms with E-state index >= 15 is 0 Å². The fraction of sp³-hybridized carbons (Fsp3) is 0.692. The molecule has 0 spiro atoms. The van der Waals surface area contributed by atoms with Gasteiger partial charge in [0, 0.05) is 19.0 Å². The molecule has 1 saturated heterocycles. The van der Waals surface area contributed by atoms with Crippen LogP contribution in [0.25, 0.3) is 0 Å². The van der Waals surface area contributed by atoms with Crippen LogP contribution in [0.1, 0.15) is 26.7 Å². The number of nitrogens with one attached hydrogen (secondary N) is 1. The summed E-state index contributed by atoms with van der Waals surface area (Å²) in [5.41, 5.74) is 0. The molecule has 0 aliphatic carbocycles. The van der Waals surface area contributed by atoms with Gasteiger partial charge in [0.25, 0.3) is 0 Å². The number of carbonyl (C=O) groups is 2. The van der Waals surface area contributed by atoms with Crippen LogP contribution in [0.15, 0.2) is 6.20 Å². The molecule has 1 fully saturated rings. The van der Waals surface area contributed by atoms with Gasteiger partial charge in [0.1, 0.15) is 6.54 Å². The standard InChI is InChI=1S/C13H21N5O3/c1-9(2)13(21)14-11-7-18(16-15-11)8-12(20)17-5-3-10(19)4-6-17/h7,9-10,19H,3-6,8H2,1-2H3,(H,14,21). The van der Waals surface area contributed by atoms with Crippen LogP contribution in [-0.2, 0) is 16.1 Å². The summed E-state index contributed by atoms with van der Waals surface area (Å²) in [4.78, 5) is 25.3. The Bertz CT molecular complexity index is 506. The zero-order chi connectivity index (χ0) is 15.4. The zero-order valence-corrected chi connectivity index (χ0v) is 12.3. The van der Waals surface area contributed by atoms with Gasteiger partial charge in [-0.25, -0.2) is 4.68 Å².